The van der Waals surface area contributed by atoms with E-state index >= 15 is 0 Å². The van der Waals surface area contributed by atoms with Crippen molar-refractivity contribution in [3.8, 4) is 0 Å². The first-order valence-electron chi connectivity index (χ1n) is 10.2. The van der Waals surface area contributed by atoms with Gasteiger partial charge >= 0.3 is 29.6 Å². The number of carbonyl (C=O) groups is 2. The van der Waals surface area contributed by atoms with Crippen molar-refractivity contribution in [1.82, 2.24) is 5.32 Å². The van der Waals surface area contributed by atoms with E-state index in [4.69, 9.17) is 0 Å². The largest absolute Gasteiger partial charge is 1.00 e. The maximum Gasteiger partial charge on any atom is 1.00 e. The van der Waals surface area contributed by atoms with Crippen molar-refractivity contribution in [3.05, 3.63) is 12.7 Å². The van der Waals surface area contributed by atoms with Crippen LogP contribution in [-0.2, 0) is 9.59 Å². The standard InChI is InChI=1S/C21H39NO3.Na/c1-3-5-6-7-8-10-13-16-19(22-20(23)4-2)17-14-11-9-12-15-18-21(24)25;/h4,19H,2-3,5-18H2,1H3,(H,22,23)(H,24,25);/q;+1/p-1. The van der Waals surface area contributed by atoms with E-state index in [1.54, 1.807) is 0 Å². The Hall–Kier alpha value is -0.320. The van der Waals surface area contributed by atoms with Gasteiger partial charge in [-0.05, 0) is 31.8 Å². The fraction of sp³-hybridized carbons (Fsp3) is 0.810. The summed E-state index contributed by atoms with van der Waals surface area (Å²) in [6.45, 7) is 5.76. The first-order chi connectivity index (χ1) is 12.1. The van der Waals surface area contributed by atoms with Crippen LogP contribution in [0.2, 0.25) is 0 Å². The van der Waals surface area contributed by atoms with Gasteiger partial charge in [-0.15, -0.1) is 0 Å². The van der Waals surface area contributed by atoms with Crippen molar-refractivity contribution in [1.29, 1.82) is 0 Å². The zero-order valence-electron chi connectivity index (χ0n) is 17.2. The molecular formula is C21H38NNaO3. The number of hydrogen-bond acceptors (Lipinski definition) is 3. The summed E-state index contributed by atoms with van der Waals surface area (Å²) in [5.74, 6) is -1.04. The monoisotopic (exact) mass is 375 g/mol. The molecule has 4 nitrogen and oxygen atoms in total. The molecule has 0 saturated heterocycles. The number of carboxylic acids is 1. The van der Waals surface area contributed by atoms with Crippen LogP contribution in [-0.4, -0.2) is 17.9 Å². The smallest absolute Gasteiger partial charge is 0.550 e. The fourth-order valence-electron chi connectivity index (χ4n) is 3.09. The molecule has 1 amide bonds. The molecule has 0 aliphatic heterocycles. The molecule has 0 radical (unpaired) electrons. The van der Waals surface area contributed by atoms with Gasteiger partial charge in [0.25, 0.3) is 0 Å². The summed E-state index contributed by atoms with van der Waals surface area (Å²) in [6.07, 6.45) is 17.4. The summed E-state index contributed by atoms with van der Waals surface area (Å²) in [6, 6.07) is 0.240. The van der Waals surface area contributed by atoms with E-state index in [1.807, 2.05) is 0 Å². The topological polar surface area (TPSA) is 69.2 Å². The van der Waals surface area contributed by atoms with Crippen LogP contribution in [0, 0.1) is 0 Å². The zero-order valence-corrected chi connectivity index (χ0v) is 19.2. The number of unbranched alkanes of at least 4 members (excludes halogenated alkanes) is 10. The van der Waals surface area contributed by atoms with Crippen molar-refractivity contribution < 1.29 is 44.3 Å². The Labute approximate surface area is 182 Å². The third-order valence-corrected chi connectivity index (χ3v) is 4.62. The maximum atomic E-state index is 11.6. The predicted octanol–water partition coefficient (Wildman–Crippen LogP) is 1.28. The van der Waals surface area contributed by atoms with Gasteiger partial charge in [0.1, 0.15) is 0 Å². The van der Waals surface area contributed by atoms with Crippen LogP contribution in [0.25, 0.3) is 0 Å². The Balaban J connectivity index is 0. The average molecular weight is 376 g/mol. The van der Waals surface area contributed by atoms with Crippen LogP contribution in [0.3, 0.4) is 0 Å². The summed E-state index contributed by atoms with van der Waals surface area (Å²) in [5, 5.41) is 13.4. The van der Waals surface area contributed by atoms with E-state index in [2.05, 4.69) is 18.8 Å². The van der Waals surface area contributed by atoms with E-state index in [9.17, 15) is 14.7 Å². The molecule has 0 aromatic carbocycles. The number of carboxylic acid groups (broad SMARTS) is 1. The number of carbonyl (C=O) groups excluding carboxylic acids is 2. The molecule has 5 heteroatoms. The van der Waals surface area contributed by atoms with E-state index in [0.29, 0.717) is 6.42 Å². The summed E-state index contributed by atoms with van der Waals surface area (Å²) < 4.78 is 0. The van der Waals surface area contributed by atoms with Crippen LogP contribution < -0.4 is 40.0 Å². The molecule has 26 heavy (non-hydrogen) atoms. The van der Waals surface area contributed by atoms with E-state index < -0.39 is 5.97 Å². The summed E-state index contributed by atoms with van der Waals surface area (Å²) >= 11 is 0. The van der Waals surface area contributed by atoms with Crippen LogP contribution >= 0.6 is 0 Å². The molecule has 0 rings (SSSR count). The van der Waals surface area contributed by atoms with E-state index in [0.717, 1.165) is 38.5 Å². The van der Waals surface area contributed by atoms with Crippen molar-refractivity contribution in [2.45, 2.75) is 109 Å². The third-order valence-electron chi connectivity index (χ3n) is 4.62. The molecule has 0 aliphatic carbocycles. The number of hydrogen-bond donors (Lipinski definition) is 1. The van der Waals surface area contributed by atoms with Crippen molar-refractivity contribution >= 4 is 11.9 Å². The molecular weight excluding hydrogens is 337 g/mol. The molecule has 0 bridgehead atoms. The van der Waals surface area contributed by atoms with Crippen LogP contribution in [0.15, 0.2) is 12.7 Å². The van der Waals surface area contributed by atoms with Crippen molar-refractivity contribution in [2.24, 2.45) is 0 Å². The first kappa shape index (κ1) is 27.9. The molecule has 0 heterocycles. The zero-order chi connectivity index (χ0) is 18.8. The predicted molar refractivity (Wildman–Crippen MR) is 102 cm³/mol. The Morgan fingerprint density at radius 3 is 1.81 bits per heavy atom. The molecule has 0 fully saturated rings. The quantitative estimate of drug-likeness (QED) is 0.223. The molecule has 1 atom stereocenters. The molecule has 0 aliphatic rings. The molecule has 0 aromatic rings. The van der Waals surface area contributed by atoms with Crippen LogP contribution in [0.4, 0.5) is 0 Å². The van der Waals surface area contributed by atoms with E-state index in [-0.39, 0.29) is 47.9 Å². The normalized spacial score (nSPS) is 11.4. The molecule has 0 aromatic heterocycles. The second kappa shape index (κ2) is 21.0. The molecule has 146 valence electrons. The van der Waals surface area contributed by atoms with Gasteiger partial charge in [-0.1, -0.05) is 84.1 Å². The summed E-state index contributed by atoms with van der Waals surface area (Å²) in [4.78, 5) is 21.9. The molecule has 0 saturated carbocycles. The van der Waals surface area contributed by atoms with Gasteiger partial charge in [0.15, 0.2) is 0 Å². The van der Waals surface area contributed by atoms with Crippen molar-refractivity contribution in [2.75, 3.05) is 0 Å². The van der Waals surface area contributed by atoms with Gasteiger partial charge in [0, 0.05) is 12.0 Å². The number of nitrogens with one attached hydrogen (secondary N) is 1. The number of rotatable bonds is 18. The van der Waals surface area contributed by atoms with Gasteiger partial charge in [0.2, 0.25) is 5.91 Å². The second-order valence-electron chi connectivity index (χ2n) is 7.00. The minimum atomic E-state index is -0.957. The van der Waals surface area contributed by atoms with Gasteiger partial charge in [-0.25, -0.2) is 0 Å². The Morgan fingerprint density at radius 2 is 1.35 bits per heavy atom. The van der Waals surface area contributed by atoms with Crippen LogP contribution in [0.5, 0.6) is 0 Å². The van der Waals surface area contributed by atoms with Crippen LogP contribution in [0.1, 0.15) is 103 Å². The maximum absolute atomic E-state index is 11.6. The second-order valence-corrected chi connectivity index (χ2v) is 7.00. The Morgan fingerprint density at radius 1 is 0.885 bits per heavy atom. The SMILES string of the molecule is C=CC(=O)NC(CCCCCCCCC)CCCCCCCC(=O)[O-].[Na+]. The van der Waals surface area contributed by atoms with Gasteiger partial charge in [-0.3, -0.25) is 4.79 Å². The molecule has 0 spiro atoms. The van der Waals surface area contributed by atoms with Crippen molar-refractivity contribution in [3.63, 3.8) is 0 Å². The Kier molecular flexibility index (Phi) is 22.5. The minimum absolute atomic E-state index is 0. The third kappa shape index (κ3) is 20.0. The summed E-state index contributed by atoms with van der Waals surface area (Å²) in [5.41, 5.74) is 0. The fourth-order valence-corrected chi connectivity index (χ4v) is 3.09. The van der Waals surface area contributed by atoms with Gasteiger partial charge in [-0.2, -0.15) is 0 Å². The first-order valence-corrected chi connectivity index (χ1v) is 10.2. The summed E-state index contributed by atoms with van der Waals surface area (Å²) in [7, 11) is 0. The van der Waals surface area contributed by atoms with Gasteiger partial charge in [0.05, 0.1) is 0 Å². The average Bonchev–Trinajstić information content (AvgIpc) is 2.59. The minimum Gasteiger partial charge on any atom is -0.550 e. The van der Waals surface area contributed by atoms with Gasteiger partial charge < -0.3 is 15.2 Å². The van der Waals surface area contributed by atoms with E-state index in [1.165, 1.54) is 51.0 Å². The number of aliphatic carboxylic acids is 1. The molecule has 1 N–H and O–H groups in total. The Bertz CT molecular complexity index is 361. The molecule has 1 unspecified atom stereocenters. The number of amides is 1.